The first-order chi connectivity index (χ1) is 12.4. The Morgan fingerprint density at radius 2 is 2.08 bits per heavy atom. The average molecular weight is 366 g/mol. The predicted octanol–water partition coefficient (Wildman–Crippen LogP) is 1.44. The number of anilines is 3. The fourth-order valence-electron chi connectivity index (χ4n) is 3.45. The summed E-state index contributed by atoms with van der Waals surface area (Å²) in [4.78, 5) is 20.1. The van der Waals surface area contributed by atoms with Crippen LogP contribution in [0.2, 0.25) is 0 Å². The molecule has 144 valence electrons. The van der Waals surface area contributed by atoms with Gasteiger partial charge in [0, 0.05) is 18.1 Å². The number of carbonyl (C=O) groups is 1. The molecule has 1 amide bonds. The third-order valence-corrected chi connectivity index (χ3v) is 5.44. The standard InChI is InChI=1S/C17H27FN6O2/c1-17(15(20)25)5-2-10(3-6-17)22-14-12(19)8-21-16(24-14)23-13-4-7-26-9-11(13)18/h8,10-11,13H,2-7,9,19H2,1H3,(H2,20,25)(H2,21,22,23,24)/t10-,11-,13-,17+/m1/s1. The summed E-state index contributed by atoms with van der Waals surface area (Å²) >= 11 is 0. The van der Waals surface area contributed by atoms with E-state index in [1.807, 2.05) is 6.92 Å². The van der Waals surface area contributed by atoms with Gasteiger partial charge in [0.2, 0.25) is 11.9 Å². The van der Waals surface area contributed by atoms with Crippen LogP contribution in [0.25, 0.3) is 0 Å². The molecule has 0 aromatic carbocycles. The molecular weight excluding hydrogens is 339 g/mol. The Kier molecular flexibility index (Phi) is 5.45. The van der Waals surface area contributed by atoms with E-state index in [0.717, 1.165) is 25.7 Å². The summed E-state index contributed by atoms with van der Waals surface area (Å²) in [6.07, 6.45) is 4.04. The van der Waals surface area contributed by atoms with Gasteiger partial charge in [-0.1, -0.05) is 6.92 Å². The Labute approximate surface area is 152 Å². The molecule has 6 N–H and O–H groups in total. The lowest BCUT2D eigenvalue weighted by Crippen LogP contribution is -2.41. The van der Waals surface area contributed by atoms with Crippen LogP contribution in [-0.4, -0.2) is 47.3 Å². The van der Waals surface area contributed by atoms with Crippen molar-refractivity contribution in [3.63, 3.8) is 0 Å². The highest BCUT2D eigenvalue weighted by atomic mass is 19.1. The maximum atomic E-state index is 13.9. The number of ether oxygens (including phenoxy) is 1. The Bertz CT molecular complexity index is 650. The number of primary amides is 1. The molecule has 0 spiro atoms. The molecule has 0 bridgehead atoms. The van der Waals surface area contributed by atoms with Crippen molar-refractivity contribution in [2.45, 2.75) is 57.3 Å². The summed E-state index contributed by atoms with van der Waals surface area (Å²) in [6, 6.07) is -0.212. The highest BCUT2D eigenvalue weighted by Gasteiger charge is 2.36. The van der Waals surface area contributed by atoms with Crippen LogP contribution in [0.4, 0.5) is 21.8 Å². The second kappa shape index (κ2) is 7.61. The van der Waals surface area contributed by atoms with Crippen molar-refractivity contribution in [2.24, 2.45) is 11.1 Å². The number of nitrogens with one attached hydrogen (secondary N) is 2. The number of nitrogens with two attached hydrogens (primary N) is 2. The van der Waals surface area contributed by atoms with E-state index in [0.29, 0.717) is 30.5 Å². The zero-order chi connectivity index (χ0) is 18.7. The molecule has 2 aliphatic rings. The summed E-state index contributed by atoms with van der Waals surface area (Å²) in [5.41, 5.74) is 11.5. The van der Waals surface area contributed by atoms with E-state index in [1.165, 1.54) is 6.20 Å². The highest BCUT2D eigenvalue weighted by Crippen LogP contribution is 2.36. The zero-order valence-corrected chi connectivity index (χ0v) is 15.0. The van der Waals surface area contributed by atoms with Crippen molar-refractivity contribution >= 4 is 23.4 Å². The Morgan fingerprint density at radius 1 is 1.35 bits per heavy atom. The van der Waals surface area contributed by atoms with Gasteiger partial charge in [0.15, 0.2) is 5.82 Å². The van der Waals surface area contributed by atoms with Crippen molar-refractivity contribution in [3.8, 4) is 0 Å². The number of nitrogen functional groups attached to an aromatic ring is 1. The van der Waals surface area contributed by atoms with Gasteiger partial charge in [-0.15, -0.1) is 0 Å². The maximum absolute atomic E-state index is 13.9. The van der Waals surface area contributed by atoms with E-state index >= 15 is 0 Å². The number of rotatable bonds is 5. The first-order valence-corrected chi connectivity index (χ1v) is 9.05. The molecule has 2 fully saturated rings. The van der Waals surface area contributed by atoms with Crippen LogP contribution < -0.4 is 22.1 Å². The zero-order valence-electron chi connectivity index (χ0n) is 15.0. The third kappa shape index (κ3) is 4.14. The molecule has 2 atom stereocenters. The minimum Gasteiger partial charge on any atom is -0.394 e. The van der Waals surface area contributed by atoms with Gasteiger partial charge in [-0.25, -0.2) is 9.37 Å². The Balaban J connectivity index is 1.62. The number of hydrogen-bond donors (Lipinski definition) is 4. The molecule has 1 saturated heterocycles. The number of aromatic nitrogens is 2. The summed E-state index contributed by atoms with van der Waals surface area (Å²) in [5.74, 6) is 0.618. The molecule has 0 radical (unpaired) electrons. The summed E-state index contributed by atoms with van der Waals surface area (Å²) < 4.78 is 19.0. The maximum Gasteiger partial charge on any atom is 0.225 e. The van der Waals surface area contributed by atoms with Crippen molar-refractivity contribution in [2.75, 3.05) is 29.6 Å². The van der Waals surface area contributed by atoms with Crippen LogP contribution in [0.5, 0.6) is 0 Å². The van der Waals surface area contributed by atoms with Crippen LogP contribution in [0.1, 0.15) is 39.0 Å². The number of amides is 1. The molecule has 26 heavy (non-hydrogen) atoms. The van der Waals surface area contributed by atoms with Gasteiger partial charge in [-0.2, -0.15) is 4.98 Å². The summed E-state index contributed by atoms with van der Waals surface area (Å²) in [7, 11) is 0. The topological polar surface area (TPSA) is 128 Å². The van der Waals surface area contributed by atoms with E-state index in [4.69, 9.17) is 16.2 Å². The number of nitrogens with zero attached hydrogens (tertiary/aromatic N) is 2. The minimum atomic E-state index is -1.09. The molecule has 1 saturated carbocycles. The normalized spacial score (nSPS) is 32.0. The predicted molar refractivity (Wildman–Crippen MR) is 97.4 cm³/mol. The Morgan fingerprint density at radius 3 is 2.73 bits per heavy atom. The van der Waals surface area contributed by atoms with Crippen LogP contribution in [0, 0.1) is 5.41 Å². The number of halogens is 1. The molecule has 1 aromatic rings. The number of hydrogen-bond acceptors (Lipinski definition) is 7. The van der Waals surface area contributed by atoms with Crippen molar-refractivity contribution in [1.82, 2.24) is 9.97 Å². The van der Waals surface area contributed by atoms with Crippen LogP contribution >= 0.6 is 0 Å². The molecule has 9 heteroatoms. The largest absolute Gasteiger partial charge is 0.394 e. The van der Waals surface area contributed by atoms with Gasteiger partial charge in [0.1, 0.15) is 6.17 Å². The second-order valence-electron chi connectivity index (χ2n) is 7.47. The third-order valence-electron chi connectivity index (χ3n) is 5.44. The summed E-state index contributed by atoms with van der Waals surface area (Å²) in [6.45, 7) is 2.51. The molecule has 1 aliphatic carbocycles. The lowest BCUT2D eigenvalue weighted by molar-refractivity contribution is -0.128. The number of alkyl halides is 1. The van der Waals surface area contributed by atoms with Crippen molar-refractivity contribution < 1.29 is 13.9 Å². The van der Waals surface area contributed by atoms with Gasteiger partial charge < -0.3 is 26.8 Å². The van der Waals surface area contributed by atoms with E-state index in [2.05, 4.69) is 20.6 Å². The van der Waals surface area contributed by atoms with Crippen LogP contribution in [-0.2, 0) is 9.53 Å². The SMILES string of the molecule is C[C@]1(C(N)=O)CC[C@@H](Nc2nc(N[C@@H]3CCOC[C@H]3F)ncc2N)CC1. The lowest BCUT2D eigenvalue weighted by atomic mass is 9.73. The average Bonchev–Trinajstić information content (AvgIpc) is 2.62. The molecule has 1 aliphatic heterocycles. The summed E-state index contributed by atoms with van der Waals surface area (Å²) in [5, 5.41) is 6.36. The van der Waals surface area contributed by atoms with Crippen LogP contribution in [0.3, 0.4) is 0 Å². The molecular formula is C17H27FN6O2. The monoisotopic (exact) mass is 366 g/mol. The quantitative estimate of drug-likeness (QED) is 0.621. The minimum absolute atomic E-state index is 0.0818. The smallest absolute Gasteiger partial charge is 0.225 e. The first kappa shape index (κ1) is 18.6. The molecule has 3 rings (SSSR count). The highest BCUT2D eigenvalue weighted by molar-refractivity contribution is 5.80. The fourth-order valence-corrected chi connectivity index (χ4v) is 3.45. The van der Waals surface area contributed by atoms with Gasteiger partial charge in [0.25, 0.3) is 0 Å². The number of carbonyl (C=O) groups excluding carboxylic acids is 1. The Hall–Kier alpha value is -2.16. The first-order valence-electron chi connectivity index (χ1n) is 9.05. The van der Waals surface area contributed by atoms with E-state index in [-0.39, 0.29) is 24.6 Å². The van der Waals surface area contributed by atoms with Gasteiger partial charge in [-0.05, 0) is 32.1 Å². The van der Waals surface area contributed by atoms with Crippen LogP contribution in [0.15, 0.2) is 6.20 Å². The fraction of sp³-hybridized carbons (Fsp3) is 0.706. The molecule has 8 nitrogen and oxygen atoms in total. The molecule has 1 aromatic heterocycles. The second-order valence-corrected chi connectivity index (χ2v) is 7.47. The van der Waals surface area contributed by atoms with E-state index in [1.54, 1.807) is 0 Å². The lowest BCUT2D eigenvalue weighted by Gasteiger charge is -2.35. The van der Waals surface area contributed by atoms with Gasteiger partial charge in [0.05, 0.1) is 24.5 Å². The van der Waals surface area contributed by atoms with Gasteiger partial charge in [-0.3, -0.25) is 4.79 Å². The van der Waals surface area contributed by atoms with E-state index in [9.17, 15) is 9.18 Å². The van der Waals surface area contributed by atoms with Gasteiger partial charge >= 0.3 is 0 Å². The van der Waals surface area contributed by atoms with E-state index < -0.39 is 11.6 Å². The molecule has 0 unspecified atom stereocenters. The van der Waals surface area contributed by atoms with Crippen molar-refractivity contribution in [1.29, 1.82) is 0 Å². The van der Waals surface area contributed by atoms with Crippen molar-refractivity contribution in [3.05, 3.63) is 6.20 Å². The molecule has 2 heterocycles.